The second kappa shape index (κ2) is 4.74. The molecule has 1 heterocycles. The van der Waals surface area contributed by atoms with Crippen LogP contribution in [0.4, 0.5) is 4.39 Å². The molecule has 1 aromatic heterocycles. The predicted molar refractivity (Wildman–Crippen MR) is 78.5 cm³/mol. The molecule has 19 heavy (non-hydrogen) atoms. The minimum Gasteiger partial charge on any atom is -0.389 e. The van der Waals surface area contributed by atoms with Gasteiger partial charge in [-0.2, -0.15) is 5.10 Å². The molecule has 0 atom stereocenters. The molecule has 2 aromatic rings. The largest absolute Gasteiger partial charge is 0.389 e. The molecule has 0 saturated heterocycles. The molecule has 2 rings (SSSR count). The number of rotatable bonds is 2. The van der Waals surface area contributed by atoms with Gasteiger partial charge in [0, 0.05) is 11.8 Å². The van der Waals surface area contributed by atoms with Crippen LogP contribution in [-0.2, 0) is 5.54 Å². The van der Waals surface area contributed by atoms with Crippen LogP contribution in [0.5, 0.6) is 0 Å². The van der Waals surface area contributed by atoms with Gasteiger partial charge in [0.15, 0.2) is 0 Å². The van der Waals surface area contributed by atoms with Crippen LogP contribution in [0.25, 0.3) is 11.3 Å². The van der Waals surface area contributed by atoms with Crippen LogP contribution in [0.2, 0.25) is 0 Å². The maximum absolute atomic E-state index is 13.0. The zero-order valence-corrected chi connectivity index (χ0v) is 12.0. The van der Waals surface area contributed by atoms with Crippen molar-refractivity contribution in [1.82, 2.24) is 9.78 Å². The van der Waals surface area contributed by atoms with E-state index in [-0.39, 0.29) is 16.3 Å². The minimum absolute atomic E-state index is 0.169. The summed E-state index contributed by atoms with van der Waals surface area (Å²) >= 11 is 5.06. The number of aromatic nitrogens is 2. The Morgan fingerprint density at radius 3 is 2.32 bits per heavy atom. The fourth-order valence-corrected chi connectivity index (χ4v) is 1.87. The summed E-state index contributed by atoms with van der Waals surface area (Å²) in [5.41, 5.74) is 7.76. The number of hydrogen-bond donors (Lipinski definition) is 1. The van der Waals surface area contributed by atoms with E-state index in [2.05, 4.69) is 5.10 Å². The molecule has 0 unspecified atom stereocenters. The third kappa shape index (κ3) is 2.81. The van der Waals surface area contributed by atoms with Crippen molar-refractivity contribution in [3.8, 4) is 11.3 Å². The van der Waals surface area contributed by atoms with Gasteiger partial charge in [-0.3, -0.25) is 4.68 Å². The summed E-state index contributed by atoms with van der Waals surface area (Å²) in [6, 6.07) is 6.14. The summed E-state index contributed by atoms with van der Waals surface area (Å²) in [5.74, 6) is -0.282. The van der Waals surface area contributed by atoms with Crippen molar-refractivity contribution in [2.75, 3.05) is 0 Å². The van der Waals surface area contributed by atoms with Crippen LogP contribution in [0.3, 0.4) is 0 Å². The molecule has 2 N–H and O–H groups in total. The quantitative estimate of drug-likeness (QED) is 0.858. The Morgan fingerprint density at radius 1 is 1.26 bits per heavy atom. The van der Waals surface area contributed by atoms with Gasteiger partial charge in [0.25, 0.3) is 0 Å². The Labute approximate surface area is 117 Å². The van der Waals surface area contributed by atoms with Crippen LogP contribution in [0.15, 0.2) is 30.5 Å². The second-order valence-electron chi connectivity index (χ2n) is 5.38. The molecule has 100 valence electrons. The van der Waals surface area contributed by atoms with E-state index >= 15 is 0 Å². The summed E-state index contributed by atoms with van der Waals surface area (Å²) in [7, 11) is 0. The Balaban J connectivity index is 2.58. The number of nitrogens with two attached hydrogens (primary N) is 1. The number of benzene rings is 1. The molecule has 1 aromatic carbocycles. The maximum atomic E-state index is 13.0. The van der Waals surface area contributed by atoms with E-state index < -0.39 is 0 Å². The highest BCUT2D eigenvalue weighted by atomic mass is 32.1. The topological polar surface area (TPSA) is 43.8 Å². The molecule has 3 nitrogen and oxygen atoms in total. The van der Waals surface area contributed by atoms with E-state index in [1.165, 1.54) is 12.1 Å². The number of nitrogens with zero attached hydrogens (tertiary/aromatic N) is 2. The molecule has 0 bridgehead atoms. The molecule has 0 fully saturated rings. The summed E-state index contributed by atoms with van der Waals surface area (Å²) in [6.45, 7) is 6.12. The summed E-state index contributed by atoms with van der Waals surface area (Å²) in [4.78, 5) is 0.287. The number of thiocarbonyl (C=S) groups is 1. The SMILES string of the molecule is CC(C)(C)n1cc(C(N)=S)c(-c2ccc(F)cc2)n1. The highest BCUT2D eigenvalue weighted by molar-refractivity contribution is 7.80. The van der Waals surface area contributed by atoms with E-state index in [1.807, 2.05) is 31.6 Å². The Kier molecular flexibility index (Phi) is 3.41. The lowest BCUT2D eigenvalue weighted by atomic mass is 10.1. The van der Waals surface area contributed by atoms with Crippen molar-refractivity contribution in [3.05, 3.63) is 41.8 Å². The van der Waals surface area contributed by atoms with Gasteiger partial charge in [0.05, 0.1) is 11.1 Å². The summed E-state index contributed by atoms with van der Waals surface area (Å²) < 4.78 is 14.8. The molecule has 0 aliphatic heterocycles. The second-order valence-corrected chi connectivity index (χ2v) is 5.82. The Hall–Kier alpha value is -1.75. The molecule has 0 amide bonds. The van der Waals surface area contributed by atoms with Crippen LogP contribution in [0, 0.1) is 5.82 Å². The van der Waals surface area contributed by atoms with Gasteiger partial charge in [-0.1, -0.05) is 12.2 Å². The van der Waals surface area contributed by atoms with Crippen LogP contribution in [-0.4, -0.2) is 14.8 Å². The van der Waals surface area contributed by atoms with Crippen molar-refractivity contribution in [3.63, 3.8) is 0 Å². The zero-order valence-electron chi connectivity index (χ0n) is 11.1. The fraction of sp³-hybridized carbons (Fsp3) is 0.286. The molecular weight excluding hydrogens is 261 g/mol. The molecule has 0 aliphatic carbocycles. The lowest BCUT2D eigenvalue weighted by molar-refractivity contribution is 0.356. The highest BCUT2D eigenvalue weighted by Crippen LogP contribution is 2.25. The normalized spacial score (nSPS) is 11.6. The average molecular weight is 277 g/mol. The van der Waals surface area contributed by atoms with Crippen molar-refractivity contribution in [1.29, 1.82) is 0 Å². The van der Waals surface area contributed by atoms with E-state index in [1.54, 1.807) is 12.1 Å². The first kappa shape index (κ1) is 13.7. The van der Waals surface area contributed by atoms with Crippen LogP contribution >= 0.6 is 12.2 Å². The van der Waals surface area contributed by atoms with Gasteiger partial charge in [-0.25, -0.2) is 4.39 Å². The number of hydrogen-bond acceptors (Lipinski definition) is 2. The van der Waals surface area contributed by atoms with Crippen molar-refractivity contribution < 1.29 is 4.39 Å². The van der Waals surface area contributed by atoms with Gasteiger partial charge in [-0.05, 0) is 45.0 Å². The Bertz CT molecular complexity index is 609. The molecule has 0 aliphatic rings. The smallest absolute Gasteiger partial charge is 0.123 e. The maximum Gasteiger partial charge on any atom is 0.123 e. The first-order chi connectivity index (χ1) is 8.79. The molecule has 0 radical (unpaired) electrons. The van der Waals surface area contributed by atoms with Gasteiger partial charge in [0.2, 0.25) is 0 Å². The van der Waals surface area contributed by atoms with E-state index in [0.29, 0.717) is 11.3 Å². The zero-order chi connectivity index (χ0) is 14.2. The van der Waals surface area contributed by atoms with Gasteiger partial charge in [-0.15, -0.1) is 0 Å². The minimum atomic E-state index is -0.282. The first-order valence-electron chi connectivity index (χ1n) is 5.95. The molecule has 0 spiro atoms. The lowest BCUT2D eigenvalue weighted by Crippen LogP contribution is -2.22. The third-order valence-corrected chi connectivity index (χ3v) is 3.00. The molecule has 0 saturated carbocycles. The third-order valence-electron chi connectivity index (χ3n) is 2.78. The molecule has 5 heteroatoms. The molecular formula is C14H16FN3S. The summed E-state index contributed by atoms with van der Waals surface area (Å²) in [5, 5.41) is 4.53. The van der Waals surface area contributed by atoms with Gasteiger partial charge < -0.3 is 5.73 Å². The van der Waals surface area contributed by atoms with E-state index in [0.717, 1.165) is 5.56 Å². The van der Waals surface area contributed by atoms with Crippen LogP contribution in [0.1, 0.15) is 26.3 Å². The van der Waals surface area contributed by atoms with E-state index in [4.69, 9.17) is 18.0 Å². The van der Waals surface area contributed by atoms with Gasteiger partial charge in [0.1, 0.15) is 16.5 Å². The lowest BCUT2D eigenvalue weighted by Gasteiger charge is -2.18. The van der Waals surface area contributed by atoms with Crippen molar-refractivity contribution >= 4 is 17.2 Å². The predicted octanol–water partition coefficient (Wildman–Crippen LogP) is 3.08. The average Bonchev–Trinajstić information content (AvgIpc) is 2.74. The van der Waals surface area contributed by atoms with Crippen LogP contribution < -0.4 is 5.73 Å². The monoisotopic (exact) mass is 277 g/mol. The highest BCUT2D eigenvalue weighted by Gasteiger charge is 2.20. The first-order valence-corrected chi connectivity index (χ1v) is 6.36. The standard InChI is InChI=1S/C14H16FN3S/c1-14(2,3)18-8-11(13(16)19)12(17-18)9-4-6-10(15)7-5-9/h4-8H,1-3H3,(H2,16,19). The van der Waals surface area contributed by atoms with Crippen molar-refractivity contribution in [2.24, 2.45) is 5.73 Å². The summed E-state index contributed by atoms with van der Waals surface area (Å²) in [6.07, 6.45) is 1.83. The fourth-order valence-electron chi connectivity index (χ4n) is 1.72. The van der Waals surface area contributed by atoms with Gasteiger partial charge >= 0.3 is 0 Å². The van der Waals surface area contributed by atoms with E-state index in [9.17, 15) is 4.39 Å². The number of halogens is 1. The van der Waals surface area contributed by atoms with Crippen molar-refractivity contribution in [2.45, 2.75) is 26.3 Å². The Morgan fingerprint density at radius 2 is 1.84 bits per heavy atom.